The number of aliphatic carboxylic acids is 2. The first-order chi connectivity index (χ1) is 23.5. The average Bonchev–Trinajstić information content (AvgIpc) is 3.21. The van der Waals surface area contributed by atoms with E-state index < -0.39 is 17.4 Å². The molecule has 0 heterocycles. The Morgan fingerprint density at radius 1 is 0.714 bits per heavy atom. The summed E-state index contributed by atoms with van der Waals surface area (Å²) in [7, 11) is 4.44. The number of methoxy groups -OCH3 is 3. The third kappa shape index (κ3) is 5.50. The third-order valence-electron chi connectivity index (χ3n) is 9.31. The zero-order valence-corrected chi connectivity index (χ0v) is 27.8. The number of carbonyl (C=O) groups is 2. The second-order valence-electron chi connectivity index (χ2n) is 12.4. The number of aromatic hydroxyl groups is 1. The van der Waals surface area contributed by atoms with Crippen LogP contribution in [-0.4, -0.2) is 61.7 Å². The second kappa shape index (κ2) is 13.2. The quantitative estimate of drug-likeness (QED) is 0.0505. The molecule has 0 atom stereocenters. The molecule has 5 aromatic rings. The summed E-state index contributed by atoms with van der Waals surface area (Å²) < 4.78 is 17.7. The summed E-state index contributed by atoms with van der Waals surface area (Å²) in [6.45, 7) is 2.57. The lowest BCUT2D eigenvalue weighted by atomic mass is 9.83. The fraction of sp³-hybridized carbons (Fsp3) is 0.351. The summed E-state index contributed by atoms with van der Waals surface area (Å²) in [5, 5.41) is 40.0. The predicted molar refractivity (Wildman–Crippen MR) is 190 cm³/mol. The Labute approximate surface area is 280 Å². The van der Waals surface area contributed by atoms with Crippen LogP contribution in [0.25, 0.3) is 49.2 Å². The van der Waals surface area contributed by atoms with Crippen molar-refractivity contribution in [2.75, 3.05) is 45.1 Å². The fourth-order valence-electron chi connectivity index (χ4n) is 7.32. The highest BCUT2D eigenvalue weighted by Gasteiger charge is 2.32. The Bertz CT molecular complexity index is 2300. The van der Waals surface area contributed by atoms with Gasteiger partial charge in [-0.3, -0.25) is 19.2 Å². The van der Waals surface area contributed by atoms with Crippen LogP contribution in [0.5, 0.6) is 23.0 Å². The van der Waals surface area contributed by atoms with Gasteiger partial charge in [0, 0.05) is 81.8 Å². The second-order valence-corrected chi connectivity index (χ2v) is 12.4. The van der Waals surface area contributed by atoms with Gasteiger partial charge in [0.25, 0.3) is 0 Å². The summed E-state index contributed by atoms with van der Waals surface area (Å²) >= 11 is 0. The largest absolute Gasteiger partial charge is 0.507 e. The molecule has 12 heteroatoms. The van der Waals surface area contributed by atoms with Gasteiger partial charge in [-0.1, -0.05) is 18.1 Å². The molecule has 5 N–H and O–H groups in total. The molecule has 0 saturated carbocycles. The normalized spacial score (nSPS) is 12.5. The number of unbranched alkanes of at least 4 members (excludes halogenated alkanes) is 2. The fourth-order valence-corrected chi connectivity index (χ4v) is 7.32. The zero-order valence-electron chi connectivity index (χ0n) is 27.8. The van der Waals surface area contributed by atoms with Gasteiger partial charge in [-0.25, -0.2) is 0 Å². The maximum absolute atomic E-state index is 14.5. The molecule has 12 nitrogen and oxygen atoms in total. The van der Waals surface area contributed by atoms with E-state index in [2.05, 4.69) is 10.6 Å². The van der Waals surface area contributed by atoms with Crippen LogP contribution in [0.1, 0.15) is 56.6 Å². The van der Waals surface area contributed by atoms with Gasteiger partial charge in [0.15, 0.2) is 5.75 Å². The number of benzene rings is 5. The summed E-state index contributed by atoms with van der Waals surface area (Å²) in [5.74, 6) is -1.21. The van der Waals surface area contributed by atoms with Crippen molar-refractivity contribution in [2.45, 2.75) is 51.9 Å². The molecule has 0 amide bonds. The van der Waals surface area contributed by atoms with E-state index >= 15 is 0 Å². The standard InChI is InChI=1S/C37H38N2O10/c1-17-13-18-26-27-19(14-17)37(49-4)36(46)28-20(38-11-7-5-6-9-24(41)42)15-22(47-2)30(32(27)28)31-23(48-3)16-21(40)29(33(26)31)35(45)34(18)39-12-8-10-25(43)44/h13,15-16,38-40H,5-12,14H2,1-4H3,(H,41,42)(H,43,44). The smallest absolute Gasteiger partial charge is 0.303 e. The minimum absolute atomic E-state index is 0.0590. The summed E-state index contributed by atoms with van der Waals surface area (Å²) in [5.41, 5.74) is 1.99. The maximum Gasteiger partial charge on any atom is 0.303 e. The monoisotopic (exact) mass is 670 g/mol. The van der Waals surface area contributed by atoms with Crippen LogP contribution < -0.4 is 35.7 Å². The van der Waals surface area contributed by atoms with E-state index in [0.29, 0.717) is 92.5 Å². The first kappa shape index (κ1) is 33.4. The van der Waals surface area contributed by atoms with Gasteiger partial charge in [0.05, 0.1) is 37.8 Å². The molecule has 0 aromatic heterocycles. The van der Waals surface area contributed by atoms with Crippen molar-refractivity contribution in [1.29, 1.82) is 0 Å². The lowest BCUT2D eigenvalue weighted by molar-refractivity contribution is -0.138. The van der Waals surface area contributed by atoms with E-state index in [4.69, 9.17) is 19.3 Å². The Kier molecular flexibility index (Phi) is 8.98. The molecule has 0 saturated heterocycles. The van der Waals surface area contributed by atoms with Gasteiger partial charge in [-0.05, 0) is 38.0 Å². The van der Waals surface area contributed by atoms with Crippen LogP contribution in [0.15, 0.2) is 27.3 Å². The first-order valence-electron chi connectivity index (χ1n) is 16.2. The van der Waals surface area contributed by atoms with Crippen molar-refractivity contribution in [2.24, 2.45) is 0 Å². The molecule has 5 aromatic carbocycles. The van der Waals surface area contributed by atoms with E-state index in [9.17, 15) is 29.4 Å². The number of rotatable bonds is 15. The molecular formula is C37H38N2O10. The van der Waals surface area contributed by atoms with Crippen LogP contribution >= 0.6 is 0 Å². The van der Waals surface area contributed by atoms with E-state index in [1.54, 1.807) is 6.07 Å². The lowest BCUT2D eigenvalue weighted by Crippen LogP contribution is -2.17. The van der Waals surface area contributed by atoms with Crippen molar-refractivity contribution < 1.29 is 39.1 Å². The van der Waals surface area contributed by atoms with Gasteiger partial charge in [0.1, 0.15) is 17.2 Å². The molecule has 1 aliphatic rings. The first-order valence-corrected chi connectivity index (χ1v) is 16.2. The number of carboxylic acids is 2. The molecule has 6 rings (SSSR count). The van der Waals surface area contributed by atoms with E-state index in [0.717, 1.165) is 5.57 Å². The van der Waals surface area contributed by atoms with Gasteiger partial charge >= 0.3 is 11.9 Å². The minimum Gasteiger partial charge on any atom is -0.507 e. The number of phenols is 1. The summed E-state index contributed by atoms with van der Waals surface area (Å²) in [4.78, 5) is 51.1. The number of ether oxygens (including phenoxy) is 3. The van der Waals surface area contributed by atoms with E-state index in [1.807, 2.05) is 13.0 Å². The van der Waals surface area contributed by atoms with Crippen LogP contribution in [0.3, 0.4) is 0 Å². The summed E-state index contributed by atoms with van der Waals surface area (Å²) in [6.07, 6.45) is 4.37. The van der Waals surface area contributed by atoms with E-state index in [-0.39, 0.29) is 59.6 Å². The minimum atomic E-state index is -0.951. The predicted octanol–water partition coefficient (Wildman–Crippen LogP) is 5.92. The Morgan fingerprint density at radius 3 is 2.00 bits per heavy atom. The molecule has 256 valence electrons. The average molecular weight is 671 g/mol. The van der Waals surface area contributed by atoms with Crippen LogP contribution in [0.2, 0.25) is 0 Å². The van der Waals surface area contributed by atoms with Crippen molar-refractivity contribution >= 4 is 72.5 Å². The molecule has 49 heavy (non-hydrogen) atoms. The molecule has 1 aliphatic carbocycles. The number of fused-ring (bicyclic) bond motifs is 1. The van der Waals surface area contributed by atoms with Gasteiger partial charge in [-0.15, -0.1) is 0 Å². The SMILES string of the molecule is COc1c2c3c4c(c(NCCCC(=O)O)c(=O)c5c(O)cc(OC)c(c6c(OC)cc(NCCCCCC(=O)O)c(c1=O)c63)c54)C=C(C)C2. The Morgan fingerprint density at radius 2 is 1.35 bits per heavy atom. The topological polar surface area (TPSA) is 181 Å². The van der Waals surface area contributed by atoms with Crippen LogP contribution in [0.4, 0.5) is 11.4 Å². The lowest BCUT2D eigenvalue weighted by Gasteiger charge is -2.24. The molecule has 0 bridgehead atoms. The highest BCUT2D eigenvalue weighted by Crippen LogP contribution is 2.54. The number of allylic oxidation sites excluding steroid dienone is 1. The van der Waals surface area contributed by atoms with Crippen LogP contribution in [-0.2, 0) is 16.0 Å². The van der Waals surface area contributed by atoms with Gasteiger partial charge < -0.3 is 40.2 Å². The Balaban J connectivity index is 1.77. The highest BCUT2D eigenvalue weighted by molar-refractivity contribution is 6.39. The number of phenolic OH excluding ortho intramolecular Hbond substituents is 1. The van der Waals surface area contributed by atoms with Crippen molar-refractivity contribution in [3.63, 3.8) is 0 Å². The van der Waals surface area contributed by atoms with Gasteiger partial charge in [0.2, 0.25) is 10.9 Å². The highest BCUT2D eigenvalue weighted by atomic mass is 16.5. The Hall–Kier alpha value is -5.52. The molecule has 0 aliphatic heterocycles. The molecule has 0 unspecified atom stereocenters. The maximum atomic E-state index is 14.5. The van der Waals surface area contributed by atoms with Crippen molar-refractivity contribution in [1.82, 2.24) is 0 Å². The number of hydrogen-bond acceptors (Lipinski definition) is 10. The van der Waals surface area contributed by atoms with Crippen molar-refractivity contribution in [3.05, 3.63) is 49.3 Å². The molecular weight excluding hydrogens is 632 g/mol. The molecule has 0 fully saturated rings. The number of anilines is 2. The number of hydrogen-bond donors (Lipinski definition) is 5. The zero-order chi connectivity index (χ0) is 35.1. The third-order valence-corrected chi connectivity index (χ3v) is 9.31. The molecule has 0 radical (unpaired) electrons. The molecule has 0 spiro atoms. The van der Waals surface area contributed by atoms with Gasteiger partial charge in [-0.2, -0.15) is 0 Å². The summed E-state index contributed by atoms with van der Waals surface area (Å²) in [6, 6.07) is 3.13. The van der Waals surface area contributed by atoms with Crippen molar-refractivity contribution in [3.8, 4) is 23.0 Å². The van der Waals surface area contributed by atoms with E-state index in [1.165, 1.54) is 27.4 Å². The number of carboxylic acid groups (broad SMARTS) is 2. The van der Waals surface area contributed by atoms with Crippen LogP contribution in [0, 0.1) is 0 Å². The number of nitrogens with one attached hydrogen (secondary N) is 2.